The molecule has 30 heavy (non-hydrogen) atoms. The summed E-state index contributed by atoms with van der Waals surface area (Å²) in [7, 11) is 0. The highest BCUT2D eigenvalue weighted by Crippen LogP contribution is 2.35. The molecule has 1 aliphatic rings. The van der Waals surface area contributed by atoms with E-state index in [2.05, 4.69) is 5.32 Å². The molecule has 152 valence electrons. The van der Waals surface area contributed by atoms with E-state index in [0.717, 1.165) is 5.56 Å². The molecule has 0 radical (unpaired) electrons. The van der Waals surface area contributed by atoms with Gasteiger partial charge in [0.15, 0.2) is 6.61 Å². The van der Waals surface area contributed by atoms with Crippen molar-refractivity contribution in [3.05, 3.63) is 87.7 Å². The van der Waals surface area contributed by atoms with Crippen molar-refractivity contribution in [2.24, 2.45) is 0 Å². The molecule has 3 aromatic rings. The number of hydrogen-bond acceptors (Lipinski definition) is 3. The van der Waals surface area contributed by atoms with Gasteiger partial charge in [0.2, 0.25) is 0 Å². The van der Waals surface area contributed by atoms with Gasteiger partial charge in [0.1, 0.15) is 11.6 Å². The highest BCUT2D eigenvalue weighted by Gasteiger charge is 2.26. The third-order valence-electron chi connectivity index (χ3n) is 4.60. The smallest absolute Gasteiger partial charge is 0.265 e. The van der Waals surface area contributed by atoms with Crippen molar-refractivity contribution in [1.82, 2.24) is 0 Å². The van der Waals surface area contributed by atoms with Gasteiger partial charge in [-0.15, -0.1) is 0 Å². The van der Waals surface area contributed by atoms with Gasteiger partial charge < -0.3 is 15.0 Å². The van der Waals surface area contributed by atoms with Crippen molar-refractivity contribution in [2.45, 2.75) is 6.54 Å². The van der Waals surface area contributed by atoms with Crippen molar-refractivity contribution < 1.29 is 18.7 Å². The van der Waals surface area contributed by atoms with Gasteiger partial charge in [0.25, 0.3) is 11.8 Å². The minimum Gasteiger partial charge on any atom is -0.481 e. The molecule has 0 spiro atoms. The van der Waals surface area contributed by atoms with E-state index in [4.69, 9.17) is 27.9 Å². The fourth-order valence-electron chi connectivity index (χ4n) is 3.07. The molecule has 0 fully saturated rings. The quantitative estimate of drug-likeness (QED) is 0.592. The van der Waals surface area contributed by atoms with Crippen LogP contribution in [0.4, 0.5) is 15.8 Å². The summed E-state index contributed by atoms with van der Waals surface area (Å²) in [4.78, 5) is 26.4. The lowest BCUT2D eigenvalue weighted by Gasteiger charge is -2.29. The van der Waals surface area contributed by atoms with Crippen molar-refractivity contribution >= 4 is 46.4 Å². The molecule has 4 rings (SSSR count). The molecule has 2 amide bonds. The Morgan fingerprint density at radius 3 is 2.53 bits per heavy atom. The molecule has 0 bridgehead atoms. The largest absolute Gasteiger partial charge is 0.481 e. The molecule has 8 heteroatoms. The zero-order chi connectivity index (χ0) is 21.3. The highest BCUT2D eigenvalue weighted by atomic mass is 35.5. The number of benzene rings is 3. The minimum absolute atomic E-state index is 0.127. The van der Waals surface area contributed by atoms with E-state index in [1.165, 1.54) is 18.2 Å². The van der Waals surface area contributed by atoms with E-state index < -0.39 is 0 Å². The van der Waals surface area contributed by atoms with Crippen LogP contribution >= 0.6 is 23.2 Å². The molecule has 3 aromatic carbocycles. The summed E-state index contributed by atoms with van der Waals surface area (Å²) in [6.45, 7) is 0.156. The number of hydrogen-bond donors (Lipinski definition) is 1. The van der Waals surface area contributed by atoms with Crippen LogP contribution in [0.1, 0.15) is 15.9 Å². The van der Waals surface area contributed by atoms with Crippen LogP contribution in [-0.4, -0.2) is 18.4 Å². The van der Waals surface area contributed by atoms with E-state index in [9.17, 15) is 14.0 Å². The summed E-state index contributed by atoms with van der Waals surface area (Å²) in [6.07, 6.45) is 0. The predicted molar refractivity (Wildman–Crippen MR) is 114 cm³/mol. The number of carbonyl (C=O) groups excluding carboxylic acids is 2. The van der Waals surface area contributed by atoms with Gasteiger partial charge >= 0.3 is 0 Å². The summed E-state index contributed by atoms with van der Waals surface area (Å²) < 4.78 is 18.7. The zero-order valence-electron chi connectivity index (χ0n) is 15.5. The number of carbonyl (C=O) groups is 2. The summed E-state index contributed by atoms with van der Waals surface area (Å²) in [5, 5.41) is 3.42. The molecular weight excluding hydrogens is 430 g/mol. The van der Waals surface area contributed by atoms with Crippen LogP contribution in [-0.2, 0) is 11.3 Å². The van der Waals surface area contributed by atoms with Crippen LogP contribution in [0, 0.1) is 5.82 Å². The maximum atomic E-state index is 13.1. The summed E-state index contributed by atoms with van der Waals surface area (Å²) in [6, 6.07) is 15.6. The van der Waals surface area contributed by atoms with Crippen molar-refractivity contribution in [1.29, 1.82) is 0 Å². The fourth-order valence-corrected chi connectivity index (χ4v) is 3.37. The van der Waals surface area contributed by atoms with Gasteiger partial charge in [-0.25, -0.2) is 4.39 Å². The molecule has 0 atom stereocenters. The molecule has 1 heterocycles. The second-order valence-corrected chi connectivity index (χ2v) is 7.47. The Bertz CT molecular complexity index is 1140. The maximum Gasteiger partial charge on any atom is 0.265 e. The van der Waals surface area contributed by atoms with Gasteiger partial charge in [-0.1, -0.05) is 35.3 Å². The number of nitrogens with zero attached hydrogens (tertiary/aromatic N) is 1. The van der Waals surface area contributed by atoms with Gasteiger partial charge in [-0.05, 0) is 48.0 Å². The van der Waals surface area contributed by atoms with Crippen LogP contribution in [0.5, 0.6) is 5.75 Å². The predicted octanol–water partition coefficient (Wildman–Crippen LogP) is 5.31. The van der Waals surface area contributed by atoms with Crippen LogP contribution in [0.2, 0.25) is 10.0 Å². The average Bonchev–Trinajstić information content (AvgIpc) is 2.73. The number of ether oxygens (including phenoxy) is 1. The molecule has 0 saturated carbocycles. The van der Waals surface area contributed by atoms with Crippen LogP contribution in [0.3, 0.4) is 0 Å². The van der Waals surface area contributed by atoms with Gasteiger partial charge in [0, 0.05) is 17.3 Å². The number of amides is 2. The third-order valence-corrected chi connectivity index (χ3v) is 5.34. The Morgan fingerprint density at radius 1 is 1.03 bits per heavy atom. The Kier molecular flexibility index (Phi) is 5.61. The van der Waals surface area contributed by atoms with Crippen LogP contribution < -0.4 is 15.0 Å². The van der Waals surface area contributed by atoms with Crippen molar-refractivity contribution in [3.8, 4) is 5.75 Å². The molecule has 1 N–H and O–H groups in total. The lowest BCUT2D eigenvalue weighted by molar-refractivity contribution is -0.121. The Balaban J connectivity index is 1.55. The van der Waals surface area contributed by atoms with E-state index in [1.807, 2.05) is 0 Å². The fraction of sp³-hybridized carbons (Fsp3) is 0.0909. The normalized spacial score (nSPS) is 12.9. The first-order chi connectivity index (χ1) is 14.4. The van der Waals surface area contributed by atoms with E-state index in [0.29, 0.717) is 27.7 Å². The second-order valence-electron chi connectivity index (χ2n) is 6.66. The van der Waals surface area contributed by atoms with Gasteiger partial charge in [-0.2, -0.15) is 0 Å². The summed E-state index contributed by atoms with van der Waals surface area (Å²) in [5.41, 5.74) is 2.22. The number of halogens is 3. The van der Waals surface area contributed by atoms with Crippen LogP contribution in [0.15, 0.2) is 60.7 Å². The first-order valence-electron chi connectivity index (χ1n) is 8.99. The molecule has 0 unspecified atom stereocenters. The standard InChI is InChI=1S/C22H15Cl2FN2O3/c23-17-7-3-14(9-18(17)24)22(29)26-16-6-8-19-20(10-16)30-12-21(28)27(19)11-13-1-4-15(25)5-2-13/h1-10H,11-12H2,(H,26,29). The molecule has 0 aliphatic carbocycles. The third kappa shape index (κ3) is 4.25. The second kappa shape index (κ2) is 8.34. The van der Waals surface area contributed by atoms with Gasteiger partial charge in [-0.3, -0.25) is 9.59 Å². The maximum absolute atomic E-state index is 13.1. The number of fused-ring (bicyclic) bond motifs is 1. The SMILES string of the molecule is O=C(Nc1ccc2c(c1)OCC(=O)N2Cc1ccc(F)cc1)c1ccc(Cl)c(Cl)c1. The van der Waals surface area contributed by atoms with Gasteiger partial charge in [0.05, 0.1) is 22.3 Å². The molecule has 0 aromatic heterocycles. The lowest BCUT2D eigenvalue weighted by Crippen LogP contribution is -2.38. The number of rotatable bonds is 4. The minimum atomic E-state index is -0.358. The highest BCUT2D eigenvalue weighted by molar-refractivity contribution is 6.42. The summed E-state index contributed by atoms with van der Waals surface area (Å²) in [5.74, 6) is -0.443. The Labute approximate surface area is 182 Å². The monoisotopic (exact) mass is 444 g/mol. The number of nitrogens with one attached hydrogen (secondary N) is 1. The van der Waals surface area contributed by atoms with E-state index in [1.54, 1.807) is 47.4 Å². The van der Waals surface area contributed by atoms with E-state index in [-0.39, 0.29) is 35.8 Å². The first-order valence-corrected chi connectivity index (χ1v) is 9.74. The average molecular weight is 445 g/mol. The Morgan fingerprint density at radius 2 is 1.80 bits per heavy atom. The van der Waals surface area contributed by atoms with Crippen molar-refractivity contribution in [2.75, 3.05) is 16.8 Å². The molecule has 1 aliphatic heterocycles. The molecule has 0 saturated heterocycles. The van der Waals surface area contributed by atoms with E-state index >= 15 is 0 Å². The number of anilines is 2. The molecule has 5 nitrogen and oxygen atoms in total. The molecular formula is C22H15Cl2FN2O3. The lowest BCUT2D eigenvalue weighted by atomic mass is 10.1. The Hall–Kier alpha value is -3.09. The first kappa shape index (κ1) is 20.2. The summed E-state index contributed by atoms with van der Waals surface area (Å²) >= 11 is 11.9. The van der Waals surface area contributed by atoms with Crippen LogP contribution in [0.25, 0.3) is 0 Å². The topological polar surface area (TPSA) is 58.6 Å². The zero-order valence-corrected chi connectivity index (χ0v) is 17.0. The van der Waals surface area contributed by atoms with Crippen molar-refractivity contribution in [3.63, 3.8) is 0 Å².